The highest BCUT2D eigenvalue weighted by Gasteiger charge is 2.00. The molecule has 0 amide bonds. The van der Waals surface area contributed by atoms with Crippen LogP contribution in [0.4, 0.5) is 0 Å². The van der Waals surface area contributed by atoms with Crippen molar-refractivity contribution in [3.05, 3.63) is 41.5 Å². The van der Waals surface area contributed by atoms with Crippen LogP contribution in [0.15, 0.2) is 18.2 Å². The van der Waals surface area contributed by atoms with E-state index in [1.807, 2.05) is 0 Å². The van der Waals surface area contributed by atoms with Gasteiger partial charge in [-0.15, -0.1) is 0 Å². The summed E-state index contributed by atoms with van der Waals surface area (Å²) in [5, 5.41) is 0. The van der Waals surface area contributed by atoms with Crippen LogP contribution < -0.4 is 0 Å². The van der Waals surface area contributed by atoms with E-state index >= 15 is 0 Å². The van der Waals surface area contributed by atoms with Crippen LogP contribution in [0.2, 0.25) is 0 Å². The smallest absolute Gasteiger partial charge is 0.0219 e. The summed E-state index contributed by atoms with van der Waals surface area (Å²) in [7, 11) is 0. The quantitative estimate of drug-likeness (QED) is 0.619. The Morgan fingerprint density at radius 3 is 2.50 bits per heavy atom. The van der Waals surface area contributed by atoms with Crippen molar-refractivity contribution in [2.24, 2.45) is 0 Å². The Balaban J connectivity index is 3.13. The molecule has 12 heavy (non-hydrogen) atoms. The molecule has 0 saturated heterocycles. The van der Waals surface area contributed by atoms with Crippen molar-refractivity contribution >= 4 is 6.08 Å². The van der Waals surface area contributed by atoms with Crippen LogP contribution in [0.25, 0.3) is 6.08 Å². The van der Waals surface area contributed by atoms with Crippen LogP contribution >= 0.6 is 0 Å². The summed E-state index contributed by atoms with van der Waals surface area (Å²) in [6.45, 7) is 11.9. The van der Waals surface area contributed by atoms with Crippen molar-refractivity contribution in [1.82, 2.24) is 0 Å². The molecule has 0 atom stereocenters. The van der Waals surface area contributed by atoms with E-state index in [0.29, 0.717) is 5.92 Å². The van der Waals surface area contributed by atoms with Crippen LogP contribution in [0.3, 0.4) is 0 Å². The van der Waals surface area contributed by atoms with E-state index in [1.54, 1.807) is 6.08 Å². The van der Waals surface area contributed by atoms with Crippen molar-refractivity contribution < 1.29 is 0 Å². The second kappa shape index (κ2) is 3.57. The summed E-state index contributed by atoms with van der Waals surface area (Å²) in [5.41, 5.74) is 3.72. The molecule has 0 N–H and O–H groups in total. The maximum Gasteiger partial charge on any atom is -0.0219 e. The van der Waals surface area contributed by atoms with Gasteiger partial charge in [0, 0.05) is 0 Å². The van der Waals surface area contributed by atoms with Gasteiger partial charge in [-0.3, -0.25) is 0 Å². The van der Waals surface area contributed by atoms with E-state index in [2.05, 4.69) is 39.0 Å². The third-order valence-electron chi connectivity index (χ3n) is 2.15. The SMILES string of the molecule is [CH]=Cc1cc(C(C)C)ccc1C. The van der Waals surface area contributed by atoms with Crippen LogP contribution in [0.1, 0.15) is 36.5 Å². The molecule has 63 valence electrons. The molecule has 0 aromatic heterocycles. The van der Waals surface area contributed by atoms with Gasteiger partial charge in [-0.25, -0.2) is 0 Å². The number of aryl methyl sites for hydroxylation is 1. The Hall–Kier alpha value is -1.04. The average molecular weight is 159 g/mol. The molecule has 0 aliphatic carbocycles. The molecule has 0 bridgehead atoms. The van der Waals surface area contributed by atoms with E-state index in [9.17, 15) is 0 Å². The van der Waals surface area contributed by atoms with E-state index in [-0.39, 0.29) is 0 Å². The lowest BCUT2D eigenvalue weighted by molar-refractivity contribution is 0.865. The zero-order chi connectivity index (χ0) is 9.14. The minimum absolute atomic E-state index is 0.573. The predicted octanol–water partition coefficient (Wildman–Crippen LogP) is 3.56. The van der Waals surface area contributed by atoms with E-state index < -0.39 is 0 Å². The van der Waals surface area contributed by atoms with E-state index in [1.165, 1.54) is 11.1 Å². The normalized spacial score (nSPS) is 10.3. The molecular formula is C12H15. The fourth-order valence-corrected chi connectivity index (χ4v) is 1.20. The van der Waals surface area contributed by atoms with Crippen molar-refractivity contribution in [1.29, 1.82) is 0 Å². The van der Waals surface area contributed by atoms with Crippen molar-refractivity contribution in [3.63, 3.8) is 0 Å². The van der Waals surface area contributed by atoms with Crippen molar-refractivity contribution in [3.8, 4) is 0 Å². The van der Waals surface area contributed by atoms with Gasteiger partial charge in [-0.05, 0) is 29.5 Å². The third-order valence-corrected chi connectivity index (χ3v) is 2.15. The lowest BCUT2D eigenvalue weighted by Crippen LogP contribution is -1.89. The third kappa shape index (κ3) is 1.76. The number of rotatable bonds is 2. The predicted molar refractivity (Wildman–Crippen MR) is 54.0 cm³/mol. The van der Waals surface area contributed by atoms with Crippen molar-refractivity contribution in [2.75, 3.05) is 0 Å². The number of hydrogen-bond acceptors (Lipinski definition) is 0. The van der Waals surface area contributed by atoms with Crippen molar-refractivity contribution in [2.45, 2.75) is 26.7 Å². The fraction of sp³-hybridized carbons (Fsp3) is 0.333. The lowest BCUT2D eigenvalue weighted by Gasteiger charge is -2.07. The molecule has 0 aliphatic heterocycles. The largest absolute Gasteiger partial charge is 0.0616 e. The standard InChI is InChI=1S/C12H15/c1-5-11-8-12(9(2)3)7-6-10(11)4/h1,5-9H,2-4H3. The Kier molecular flexibility index (Phi) is 2.69. The van der Waals surface area contributed by atoms with Gasteiger partial charge in [0.25, 0.3) is 0 Å². The molecule has 0 nitrogen and oxygen atoms in total. The first-order chi connectivity index (χ1) is 5.65. The molecule has 0 spiro atoms. The maximum absolute atomic E-state index is 5.49. The molecule has 0 heteroatoms. The number of benzene rings is 1. The summed E-state index contributed by atoms with van der Waals surface area (Å²) < 4.78 is 0. The zero-order valence-electron chi connectivity index (χ0n) is 7.96. The summed E-state index contributed by atoms with van der Waals surface area (Å²) >= 11 is 0. The first-order valence-electron chi connectivity index (χ1n) is 4.30. The Bertz CT molecular complexity index is 282. The Morgan fingerprint density at radius 1 is 1.33 bits per heavy atom. The first kappa shape index (κ1) is 9.05. The van der Waals surface area contributed by atoms with Gasteiger partial charge in [0.1, 0.15) is 0 Å². The van der Waals surface area contributed by atoms with Gasteiger partial charge in [0.05, 0.1) is 0 Å². The maximum atomic E-state index is 5.49. The highest BCUT2D eigenvalue weighted by atomic mass is 14.1. The second-order valence-electron chi connectivity index (χ2n) is 3.44. The highest BCUT2D eigenvalue weighted by Crippen LogP contribution is 2.18. The molecular weight excluding hydrogens is 144 g/mol. The zero-order valence-corrected chi connectivity index (χ0v) is 7.96. The lowest BCUT2D eigenvalue weighted by atomic mass is 9.98. The van der Waals surface area contributed by atoms with Gasteiger partial charge in [0.2, 0.25) is 0 Å². The molecule has 1 aromatic carbocycles. The second-order valence-corrected chi connectivity index (χ2v) is 3.44. The topological polar surface area (TPSA) is 0 Å². The Labute approximate surface area is 74.9 Å². The molecule has 0 saturated carbocycles. The van der Waals surface area contributed by atoms with Gasteiger partial charge in [0.15, 0.2) is 0 Å². The fourth-order valence-electron chi connectivity index (χ4n) is 1.20. The van der Waals surface area contributed by atoms with E-state index in [4.69, 9.17) is 6.58 Å². The molecule has 0 fully saturated rings. The first-order valence-corrected chi connectivity index (χ1v) is 4.30. The minimum atomic E-state index is 0.573. The molecule has 0 heterocycles. The van der Waals surface area contributed by atoms with Gasteiger partial charge in [-0.1, -0.05) is 44.7 Å². The average Bonchev–Trinajstić information content (AvgIpc) is 2.05. The highest BCUT2D eigenvalue weighted by molar-refractivity contribution is 5.52. The van der Waals surface area contributed by atoms with Crippen LogP contribution in [-0.2, 0) is 0 Å². The summed E-state index contributed by atoms with van der Waals surface area (Å²) in [5.74, 6) is 0.573. The molecule has 0 aliphatic rings. The van der Waals surface area contributed by atoms with Gasteiger partial charge in [-0.2, -0.15) is 0 Å². The van der Waals surface area contributed by atoms with Crippen LogP contribution in [0.5, 0.6) is 0 Å². The summed E-state index contributed by atoms with van der Waals surface area (Å²) in [6, 6.07) is 6.43. The summed E-state index contributed by atoms with van der Waals surface area (Å²) in [4.78, 5) is 0. The summed E-state index contributed by atoms with van der Waals surface area (Å²) in [6.07, 6.45) is 1.67. The number of hydrogen-bond donors (Lipinski definition) is 0. The van der Waals surface area contributed by atoms with Gasteiger partial charge >= 0.3 is 0 Å². The monoisotopic (exact) mass is 159 g/mol. The molecule has 1 rings (SSSR count). The van der Waals surface area contributed by atoms with Gasteiger partial charge < -0.3 is 0 Å². The molecule has 1 aromatic rings. The molecule has 1 radical (unpaired) electrons. The van der Waals surface area contributed by atoms with Crippen LogP contribution in [-0.4, -0.2) is 0 Å². The molecule has 0 unspecified atom stereocenters. The minimum Gasteiger partial charge on any atom is -0.0616 e. The van der Waals surface area contributed by atoms with Crippen LogP contribution in [0, 0.1) is 13.5 Å². The Morgan fingerprint density at radius 2 is 2.00 bits per heavy atom. The van der Waals surface area contributed by atoms with E-state index in [0.717, 1.165) is 5.56 Å².